The molecule has 4 heterocycles. The fourth-order valence-electron chi connectivity index (χ4n) is 8.65. The van der Waals surface area contributed by atoms with Crippen LogP contribution in [0.25, 0.3) is 33.6 Å². The Kier molecular flexibility index (Phi) is 16.1. The fraction of sp³-hybridized carbons (Fsp3) is 0.429. The number of hydrogen-bond acceptors (Lipinski definition) is 12. The number of aromatic amines is 2. The van der Waals surface area contributed by atoms with E-state index in [0.717, 1.165) is 41.6 Å². The number of rotatable bonds is 19. The van der Waals surface area contributed by atoms with Crippen LogP contribution in [0.5, 0.6) is 11.5 Å². The van der Waals surface area contributed by atoms with E-state index in [1.165, 1.54) is 14.2 Å². The molecule has 3 aromatic carbocycles. The van der Waals surface area contributed by atoms with E-state index < -0.39 is 24.3 Å². The van der Waals surface area contributed by atoms with Crippen molar-refractivity contribution >= 4 is 24.0 Å². The Balaban J connectivity index is 1.16. The second-order valence-electron chi connectivity index (χ2n) is 16.7. The van der Waals surface area contributed by atoms with E-state index in [1.807, 2.05) is 68.4 Å². The van der Waals surface area contributed by atoms with Crippen molar-refractivity contribution in [1.29, 1.82) is 0 Å². The van der Waals surface area contributed by atoms with Gasteiger partial charge in [-0.2, -0.15) is 0 Å². The van der Waals surface area contributed by atoms with Gasteiger partial charge in [0, 0.05) is 38.4 Å². The molecule has 0 radical (unpaired) electrons. The molecule has 0 saturated carbocycles. The molecule has 2 aliphatic heterocycles. The summed E-state index contributed by atoms with van der Waals surface area (Å²) in [7, 11) is 5.76. The van der Waals surface area contributed by atoms with Crippen molar-refractivity contribution in [2.75, 3.05) is 68.0 Å². The number of carbonyl (C=O) groups excluding carboxylic acids is 4. The Morgan fingerprint density at radius 1 is 0.642 bits per heavy atom. The molecule has 2 aromatic heterocycles. The highest BCUT2D eigenvalue weighted by Gasteiger charge is 2.39. The quantitative estimate of drug-likeness (QED) is 0.0618. The minimum atomic E-state index is -0.947. The van der Waals surface area contributed by atoms with E-state index in [4.69, 9.17) is 38.4 Å². The number of benzene rings is 3. The van der Waals surface area contributed by atoms with Crippen molar-refractivity contribution in [2.45, 2.75) is 63.7 Å². The molecule has 67 heavy (non-hydrogen) atoms. The lowest BCUT2D eigenvalue weighted by molar-refractivity contribution is -0.135. The number of imidazole rings is 2. The van der Waals surface area contributed by atoms with Crippen molar-refractivity contribution < 1.29 is 47.6 Å². The normalized spacial score (nSPS) is 16.7. The molecule has 5 aromatic rings. The Hall–Kier alpha value is -6.92. The number of hydrogen-bond donors (Lipinski definition) is 4. The van der Waals surface area contributed by atoms with Crippen LogP contribution in [0.2, 0.25) is 0 Å². The molecule has 4 atom stereocenters. The fourth-order valence-corrected chi connectivity index (χ4v) is 8.65. The van der Waals surface area contributed by atoms with Gasteiger partial charge in [-0.25, -0.2) is 19.6 Å². The van der Waals surface area contributed by atoms with Crippen LogP contribution in [-0.4, -0.2) is 128 Å². The van der Waals surface area contributed by atoms with Crippen LogP contribution < -0.4 is 20.1 Å². The molecule has 0 aliphatic carbocycles. The number of ether oxygens (including phenoxy) is 6. The molecule has 2 fully saturated rings. The summed E-state index contributed by atoms with van der Waals surface area (Å²) < 4.78 is 33.4. The highest BCUT2D eigenvalue weighted by molar-refractivity contribution is 5.88. The summed E-state index contributed by atoms with van der Waals surface area (Å²) >= 11 is 0. The molecule has 18 heteroatoms. The summed E-state index contributed by atoms with van der Waals surface area (Å²) in [4.78, 5) is 72.4. The minimum absolute atomic E-state index is 0.141. The first-order chi connectivity index (χ1) is 32.6. The van der Waals surface area contributed by atoms with Crippen molar-refractivity contribution in [1.82, 2.24) is 40.4 Å². The zero-order chi connectivity index (χ0) is 47.5. The lowest BCUT2D eigenvalue weighted by Crippen LogP contribution is -2.51. The predicted molar refractivity (Wildman–Crippen MR) is 248 cm³/mol. The third-order valence-corrected chi connectivity index (χ3v) is 12.1. The molecule has 4 N–H and O–H groups in total. The Labute approximate surface area is 390 Å². The molecule has 2 aliphatic rings. The first kappa shape index (κ1) is 48.0. The molecule has 18 nitrogen and oxygen atoms in total. The largest absolute Gasteiger partial charge is 0.487 e. The molecular weight excluding hydrogens is 861 g/mol. The molecular formula is C49H60N8O10. The Morgan fingerprint density at radius 3 is 1.75 bits per heavy atom. The number of methoxy groups -OCH3 is 4. The molecule has 0 spiro atoms. The number of amides is 4. The van der Waals surface area contributed by atoms with Gasteiger partial charge in [-0.3, -0.25) is 9.59 Å². The summed E-state index contributed by atoms with van der Waals surface area (Å²) in [6, 6.07) is 18.7. The second kappa shape index (κ2) is 22.5. The maximum absolute atomic E-state index is 14.2. The van der Waals surface area contributed by atoms with E-state index >= 15 is 0 Å². The molecule has 2 saturated heterocycles. The van der Waals surface area contributed by atoms with Crippen molar-refractivity contribution in [3.63, 3.8) is 0 Å². The summed E-state index contributed by atoms with van der Waals surface area (Å²) in [5.74, 6) is 1.67. The van der Waals surface area contributed by atoms with Crippen molar-refractivity contribution in [3.05, 3.63) is 96.3 Å². The molecule has 356 valence electrons. The van der Waals surface area contributed by atoms with Gasteiger partial charge in [0.05, 0.1) is 63.3 Å². The van der Waals surface area contributed by atoms with Gasteiger partial charge in [0.2, 0.25) is 5.91 Å². The van der Waals surface area contributed by atoms with E-state index in [1.54, 1.807) is 48.5 Å². The van der Waals surface area contributed by atoms with Crippen LogP contribution in [0.15, 0.2) is 79.1 Å². The van der Waals surface area contributed by atoms with Gasteiger partial charge in [-0.15, -0.1) is 0 Å². The van der Waals surface area contributed by atoms with E-state index in [2.05, 4.69) is 20.6 Å². The van der Waals surface area contributed by atoms with Crippen LogP contribution in [0.1, 0.15) is 74.9 Å². The topological polar surface area (TPSA) is 212 Å². The summed E-state index contributed by atoms with van der Waals surface area (Å²) in [6.07, 6.45) is 5.12. The number of nitrogens with one attached hydrogen (secondary N) is 4. The number of H-pyrrole nitrogens is 2. The minimum Gasteiger partial charge on any atom is -0.487 e. The van der Waals surface area contributed by atoms with Gasteiger partial charge in [-0.1, -0.05) is 68.4 Å². The third kappa shape index (κ3) is 11.0. The zero-order valence-electron chi connectivity index (χ0n) is 38.8. The zero-order valence-corrected chi connectivity index (χ0v) is 38.8. The molecule has 0 bridgehead atoms. The van der Waals surface area contributed by atoms with Crippen LogP contribution in [0.4, 0.5) is 9.59 Å². The highest BCUT2D eigenvalue weighted by Crippen LogP contribution is 2.46. The standard InChI is InChI=1S/C49H60N8O10/c1-30(2)40(54-48(60)64-5)46(58)56-22-10-14-38(56)44-50-28-36(52-44)32-18-16-31(17-19-32)34-20-21-35(43(67-27-25-63-4)42(34)66-26-24-62-3)37-29-51-45(53-37)39-15-11-23-57(39)47(59)41(55-49(61)65-6)33-12-8-7-9-13-33/h7-9,12-13,16-21,28-30,38-41H,10-11,14-15,22-27H2,1-6H3,(H,50,52)(H,51,53)(H,54,60)(H,55,61)/t38-,39-,40-,41+/m0/s1. The number of nitrogens with zero attached hydrogens (tertiary/aromatic N) is 4. The number of likely N-dealkylation sites (tertiary alicyclic amines) is 2. The van der Waals surface area contributed by atoms with Crippen molar-refractivity contribution in [2.24, 2.45) is 5.92 Å². The van der Waals surface area contributed by atoms with Gasteiger partial charge in [-0.05, 0) is 60.4 Å². The van der Waals surface area contributed by atoms with Crippen LogP contribution >= 0.6 is 0 Å². The average Bonchev–Trinajstić information content (AvgIpc) is 4.20. The van der Waals surface area contributed by atoms with Crippen LogP contribution in [0.3, 0.4) is 0 Å². The number of carbonyl (C=O) groups is 4. The van der Waals surface area contributed by atoms with Crippen LogP contribution in [0, 0.1) is 5.92 Å². The SMILES string of the molecule is COCCOc1c(-c2ccc(-c3cnc([C@@H]4CCCN4C(=O)[C@@H](NC(=O)OC)C(C)C)[nH]3)cc2)ccc(-c2cnc([C@@H]3CCCN3C(=O)[C@H](NC(=O)OC)c3ccccc3)[nH]2)c1OCCOC. The molecule has 4 amide bonds. The van der Waals surface area contributed by atoms with E-state index in [-0.39, 0.29) is 43.0 Å². The van der Waals surface area contributed by atoms with E-state index in [0.29, 0.717) is 72.7 Å². The summed E-state index contributed by atoms with van der Waals surface area (Å²) in [5, 5.41) is 5.42. The smallest absolute Gasteiger partial charge is 0.407 e. The second-order valence-corrected chi connectivity index (χ2v) is 16.7. The van der Waals surface area contributed by atoms with Crippen molar-refractivity contribution in [3.8, 4) is 45.1 Å². The third-order valence-electron chi connectivity index (χ3n) is 12.1. The lowest BCUT2D eigenvalue weighted by atomic mass is 9.98. The Morgan fingerprint density at radius 2 is 1.16 bits per heavy atom. The molecule has 7 rings (SSSR count). The number of aromatic nitrogens is 4. The van der Waals surface area contributed by atoms with Gasteiger partial charge in [0.15, 0.2) is 11.5 Å². The van der Waals surface area contributed by atoms with Gasteiger partial charge in [0.1, 0.15) is 36.9 Å². The van der Waals surface area contributed by atoms with Gasteiger partial charge < -0.3 is 58.8 Å². The highest BCUT2D eigenvalue weighted by atomic mass is 16.6. The summed E-state index contributed by atoms with van der Waals surface area (Å²) in [5.41, 5.74) is 5.31. The molecule has 0 unspecified atom stereocenters. The van der Waals surface area contributed by atoms with Gasteiger partial charge in [0.25, 0.3) is 5.91 Å². The Bertz CT molecular complexity index is 2460. The summed E-state index contributed by atoms with van der Waals surface area (Å²) in [6.45, 7) is 5.96. The first-order valence-electron chi connectivity index (χ1n) is 22.5. The van der Waals surface area contributed by atoms with E-state index in [9.17, 15) is 19.2 Å². The van der Waals surface area contributed by atoms with Crippen LogP contribution in [-0.2, 0) is 28.5 Å². The monoisotopic (exact) mass is 920 g/mol. The first-order valence-corrected chi connectivity index (χ1v) is 22.5. The number of alkyl carbamates (subject to hydrolysis) is 2. The lowest BCUT2D eigenvalue weighted by Gasteiger charge is -2.30. The predicted octanol–water partition coefficient (Wildman–Crippen LogP) is 6.99. The maximum atomic E-state index is 14.2. The average molecular weight is 921 g/mol. The maximum Gasteiger partial charge on any atom is 0.407 e. The van der Waals surface area contributed by atoms with Gasteiger partial charge >= 0.3 is 12.2 Å².